The van der Waals surface area contributed by atoms with Gasteiger partial charge in [0.1, 0.15) is 10.8 Å². The molecule has 2 aromatic rings. The second-order valence-corrected chi connectivity index (χ2v) is 6.87. The topological polar surface area (TPSA) is 29.5 Å². The van der Waals surface area contributed by atoms with Crippen LogP contribution in [0.25, 0.3) is 0 Å². The minimum Gasteiger partial charge on any atom is -0.482 e. The molecule has 0 unspecified atom stereocenters. The number of rotatable bonds is 4. The molecule has 6 heteroatoms. The average molecular weight is 356 g/mol. The highest BCUT2D eigenvalue weighted by molar-refractivity contribution is 7.10. The third kappa shape index (κ3) is 3.24. The largest absolute Gasteiger partial charge is 0.482 e. The Bertz CT molecular complexity index is 660. The van der Waals surface area contributed by atoms with Gasteiger partial charge in [0.2, 0.25) is 0 Å². The van der Waals surface area contributed by atoms with E-state index in [0.717, 1.165) is 19.4 Å². The highest BCUT2D eigenvalue weighted by Gasteiger charge is 2.30. The minimum atomic E-state index is -0.0259. The quantitative estimate of drug-likeness (QED) is 0.788. The van der Waals surface area contributed by atoms with Crippen molar-refractivity contribution in [3.63, 3.8) is 0 Å². The van der Waals surface area contributed by atoms with Gasteiger partial charge in [-0.25, -0.2) is 0 Å². The summed E-state index contributed by atoms with van der Waals surface area (Å²) < 4.78 is 5.55. The van der Waals surface area contributed by atoms with Gasteiger partial charge in [0.15, 0.2) is 6.61 Å². The van der Waals surface area contributed by atoms with E-state index < -0.39 is 0 Å². The number of carbonyl (C=O) groups excluding carboxylic acids is 1. The summed E-state index contributed by atoms with van der Waals surface area (Å²) in [6, 6.07) is 9.41. The summed E-state index contributed by atoms with van der Waals surface area (Å²) in [6.45, 7) is 0.746. The van der Waals surface area contributed by atoms with Crippen molar-refractivity contribution in [1.29, 1.82) is 0 Å². The standard InChI is InChI=1S/C16H15Cl2NO2S/c17-11-4-1-6-13(16(11)18)21-10-15(20)19-8-2-5-12(19)14-7-3-9-22-14/h1,3-4,6-7,9,12H,2,5,8,10H2/t12-/m0/s1. The van der Waals surface area contributed by atoms with Gasteiger partial charge in [0.05, 0.1) is 11.1 Å². The van der Waals surface area contributed by atoms with E-state index in [9.17, 15) is 4.79 Å². The lowest BCUT2D eigenvalue weighted by Crippen LogP contribution is -2.34. The molecule has 116 valence electrons. The summed E-state index contributed by atoms with van der Waals surface area (Å²) in [4.78, 5) is 15.6. The van der Waals surface area contributed by atoms with E-state index in [1.54, 1.807) is 29.5 Å². The summed E-state index contributed by atoms with van der Waals surface area (Å²) in [5, 5.41) is 2.80. The second kappa shape index (κ2) is 6.90. The third-order valence-corrected chi connectivity index (χ3v) is 5.49. The van der Waals surface area contributed by atoms with E-state index in [2.05, 4.69) is 6.07 Å². The number of likely N-dealkylation sites (tertiary alicyclic amines) is 1. The Labute approximate surface area is 143 Å². The minimum absolute atomic E-state index is 0.0213. The smallest absolute Gasteiger partial charge is 0.261 e. The Kier molecular flexibility index (Phi) is 4.91. The van der Waals surface area contributed by atoms with Crippen molar-refractivity contribution in [3.8, 4) is 5.75 Å². The molecule has 1 aromatic heterocycles. The number of amides is 1. The van der Waals surface area contributed by atoms with Crippen LogP contribution in [-0.2, 0) is 4.79 Å². The lowest BCUT2D eigenvalue weighted by molar-refractivity contribution is -0.134. The monoisotopic (exact) mass is 355 g/mol. The number of carbonyl (C=O) groups is 1. The van der Waals surface area contributed by atoms with Crippen molar-refractivity contribution in [2.75, 3.05) is 13.2 Å². The normalized spacial score (nSPS) is 17.7. The first-order valence-electron chi connectivity index (χ1n) is 7.06. The molecule has 0 aliphatic carbocycles. The van der Waals surface area contributed by atoms with Crippen LogP contribution in [0.2, 0.25) is 10.0 Å². The molecule has 0 N–H and O–H groups in total. The predicted octanol–water partition coefficient (Wildman–Crippen LogP) is 4.80. The zero-order valence-electron chi connectivity index (χ0n) is 11.8. The molecule has 3 rings (SSSR count). The van der Waals surface area contributed by atoms with E-state index in [4.69, 9.17) is 27.9 Å². The number of ether oxygens (including phenoxy) is 1. The molecule has 0 radical (unpaired) electrons. The van der Waals surface area contributed by atoms with E-state index in [1.807, 2.05) is 16.3 Å². The Morgan fingerprint density at radius 1 is 1.32 bits per heavy atom. The number of hydrogen-bond donors (Lipinski definition) is 0. The highest BCUT2D eigenvalue weighted by atomic mass is 35.5. The van der Waals surface area contributed by atoms with E-state index in [0.29, 0.717) is 15.8 Å². The third-order valence-electron chi connectivity index (χ3n) is 3.71. The Morgan fingerprint density at radius 2 is 2.18 bits per heavy atom. The van der Waals surface area contributed by atoms with E-state index >= 15 is 0 Å². The lowest BCUT2D eigenvalue weighted by Gasteiger charge is -2.24. The van der Waals surface area contributed by atoms with Gasteiger partial charge < -0.3 is 9.64 Å². The summed E-state index contributed by atoms with van der Waals surface area (Å²) >= 11 is 13.7. The van der Waals surface area contributed by atoms with Crippen LogP contribution in [-0.4, -0.2) is 24.0 Å². The zero-order chi connectivity index (χ0) is 15.5. The maximum absolute atomic E-state index is 12.4. The molecule has 0 saturated carbocycles. The van der Waals surface area contributed by atoms with Gasteiger partial charge in [-0.3, -0.25) is 4.79 Å². The van der Waals surface area contributed by atoms with Gasteiger partial charge >= 0.3 is 0 Å². The van der Waals surface area contributed by atoms with Crippen LogP contribution in [0.5, 0.6) is 5.75 Å². The van der Waals surface area contributed by atoms with Gasteiger partial charge in [0.25, 0.3) is 5.91 Å². The van der Waals surface area contributed by atoms with Crippen LogP contribution < -0.4 is 4.74 Å². The van der Waals surface area contributed by atoms with Gasteiger partial charge in [0, 0.05) is 11.4 Å². The molecule has 1 saturated heterocycles. The van der Waals surface area contributed by atoms with Crippen molar-refractivity contribution >= 4 is 40.4 Å². The first-order chi connectivity index (χ1) is 10.7. The molecule has 0 spiro atoms. The maximum atomic E-state index is 12.4. The predicted molar refractivity (Wildman–Crippen MR) is 90.0 cm³/mol. The summed E-state index contributed by atoms with van der Waals surface area (Å²) in [5.74, 6) is 0.418. The Hall–Kier alpha value is -1.23. The Morgan fingerprint density at radius 3 is 2.95 bits per heavy atom. The van der Waals surface area contributed by atoms with Crippen LogP contribution in [0, 0.1) is 0 Å². The summed E-state index contributed by atoms with van der Waals surface area (Å²) in [5.41, 5.74) is 0. The van der Waals surface area contributed by atoms with Crippen molar-refractivity contribution in [3.05, 3.63) is 50.6 Å². The van der Waals surface area contributed by atoms with Crippen LogP contribution in [0.15, 0.2) is 35.7 Å². The van der Waals surface area contributed by atoms with Crippen molar-refractivity contribution in [1.82, 2.24) is 4.90 Å². The van der Waals surface area contributed by atoms with Gasteiger partial charge in [-0.2, -0.15) is 0 Å². The molecule has 1 aromatic carbocycles. The first kappa shape index (κ1) is 15.7. The molecule has 3 nitrogen and oxygen atoms in total. The van der Waals surface area contributed by atoms with Gasteiger partial charge in [-0.15, -0.1) is 11.3 Å². The first-order valence-corrected chi connectivity index (χ1v) is 8.70. The number of halogens is 2. The van der Waals surface area contributed by atoms with Crippen LogP contribution in [0.1, 0.15) is 23.8 Å². The van der Waals surface area contributed by atoms with Crippen LogP contribution in [0.3, 0.4) is 0 Å². The SMILES string of the molecule is O=C(COc1cccc(Cl)c1Cl)N1CCC[C@H]1c1cccs1. The molecular formula is C16H15Cl2NO2S. The lowest BCUT2D eigenvalue weighted by atomic mass is 10.2. The van der Waals surface area contributed by atoms with Crippen LogP contribution in [0.4, 0.5) is 0 Å². The molecule has 2 heterocycles. The van der Waals surface area contributed by atoms with Crippen molar-refractivity contribution in [2.45, 2.75) is 18.9 Å². The summed E-state index contributed by atoms with van der Waals surface area (Å²) in [7, 11) is 0. The fraction of sp³-hybridized carbons (Fsp3) is 0.312. The van der Waals surface area contributed by atoms with Crippen molar-refractivity contribution < 1.29 is 9.53 Å². The van der Waals surface area contributed by atoms with Crippen LogP contribution >= 0.6 is 34.5 Å². The molecule has 1 fully saturated rings. The molecule has 1 aliphatic heterocycles. The second-order valence-electron chi connectivity index (χ2n) is 5.10. The number of nitrogens with zero attached hydrogens (tertiary/aromatic N) is 1. The maximum Gasteiger partial charge on any atom is 0.261 e. The highest BCUT2D eigenvalue weighted by Crippen LogP contribution is 2.35. The molecular weight excluding hydrogens is 341 g/mol. The molecule has 0 bridgehead atoms. The molecule has 1 atom stereocenters. The van der Waals surface area contributed by atoms with Gasteiger partial charge in [-0.05, 0) is 36.4 Å². The number of thiophene rings is 1. The molecule has 1 aliphatic rings. The zero-order valence-corrected chi connectivity index (χ0v) is 14.1. The summed E-state index contributed by atoms with van der Waals surface area (Å²) in [6.07, 6.45) is 2.02. The van der Waals surface area contributed by atoms with Crippen molar-refractivity contribution in [2.24, 2.45) is 0 Å². The van der Waals surface area contributed by atoms with E-state index in [-0.39, 0.29) is 18.6 Å². The number of hydrogen-bond acceptors (Lipinski definition) is 3. The fourth-order valence-electron chi connectivity index (χ4n) is 2.66. The average Bonchev–Trinajstić information content (AvgIpc) is 3.18. The molecule has 1 amide bonds. The Balaban J connectivity index is 1.65. The molecule has 22 heavy (non-hydrogen) atoms. The fourth-order valence-corrected chi connectivity index (χ4v) is 3.88. The van der Waals surface area contributed by atoms with E-state index in [1.165, 1.54) is 4.88 Å². The van der Waals surface area contributed by atoms with Gasteiger partial charge in [-0.1, -0.05) is 35.3 Å². The number of benzene rings is 1.